The Balaban J connectivity index is 1.93. The molecule has 0 saturated heterocycles. The van der Waals surface area contributed by atoms with E-state index < -0.39 is 5.92 Å². The molecule has 0 bridgehead atoms. The number of carbonyl (C=O) groups is 1. The van der Waals surface area contributed by atoms with E-state index in [1.54, 1.807) is 13.1 Å². The molecule has 2 atom stereocenters. The smallest absolute Gasteiger partial charge is 0.315 e. The predicted octanol–water partition coefficient (Wildman–Crippen LogP) is 2.36. The van der Waals surface area contributed by atoms with Crippen molar-refractivity contribution in [1.29, 1.82) is 0 Å². The fourth-order valence-electron chi connectivity index (χ4n) is 3.24. The number of H-pyrrole nitrogens is 1. The number of hydrogen-bond donors (Lipinski definition) is 1. The Kier molecular flexibility index (Phi) is 3.37. The normalized spacial score (nSPS) is 19.8. The number of hydrogen-bond acceptors (Lipinski definition) is 7. The molecule has 1 aliphatic heterocycles. The zero-order valence-electron chi connectivity index (χ0n) is 13.2. The van der Waals surface area contributed by atoms with Crippen LogP contribution in [0.2, 0.25) is 0 Å². The summed E-state index contributed by atoms with van der Waals surface area (Å²) in [6, 6.07) is 5.60. The summed E-state index contributed by atoms with van der Waals surface area (Å²) in [7, 11) is 0. The minimum absolute atomic E-state index is 0.309. The van der Waals surface area contributed by atoms with E-state index in [4.69, 9.17) is 9.37 Å². The summed E-state index contributed by atoms with van der Waals surface area (Å²) in [6.07, 6.45) is 1.69. The first-order valence-corrected chi connectivity index (χ1v) is 7.67. The first-order chi connectivity index (χ1) is 11.7. The van der Waals surface area contributed by atoms with Gasteiger partial charge in [-0.05, 0) is 35.8 Å². The van der Waals surface area contributed by atoms with Crippen LogP contribution in [0.4, 0.5) is 5.82 Å². The first kappa shape index (κ1) is 14.6. The third-order valence-electron chi connectivity index (χ3n) is 4.25. The number of carbonyl (C=O) groups excluding carboxylic acids is 1. The molecule has 1 aromatic carbocycles. The maximum absolute atomic E-state index is 12.6. The molecule has 3 aromatic rings. The van der Waals surface area contributed by atoms with Gasteiger partial charge < -0.3 is 4.74 Å². The van der Waals surface area contributed by atoms with Crippen molar-refractivity contribution >= 4 is 28.5 Å². The summed E-state index contributed by atoms with van der Waals surface area (Å²) in [5.41, 5.74) is 3.60. The number of esters is 1. The molecule has 1 aliphatic rings. The number of nitrogens with one attached hydrogen (secondary N) is 1. The average molecular weight is 325 g/mol. The lowest BCUT2D eigenvalue weighted by Gasteiger charge is -2.28. The number of aromatic amines is 1. The van der Waals surface area contributed by atoms with Gasteiger partial charge >= 0.3 is 5.97 Å². The SMILES string of the molecule is CCOC(=O)C1C(C)=Nc2[nH]ncc2C1c1cccc2nonc12. The van der Waals surface area contributed by atoms with Gasteiger partial charge in [-0.1, -0.05) is 12.1 Å². The van der Waals surface area contributed by atoms with Gasteiger partial charge in [0.15, 0.2) is 5.82 Å². The van der Waals surface area contributed by atoms with Crippen LogP contribution in [0.1, 0.15) is 30.9 Å². The lowest BCUT2D eigenvalue weighted by molar-refractivity contribution is -0.146. The standard InChI is InChI=1S/C16H15N5O3/c1-3-23-16(22)12-8(2)18-15-10(7-17-19-15)13(12)9-5-4-6-11-14(9)21-24-20-11/h4-7,12-13H,3H2,1-2H3,(H,17,19). The van der Waals surface area contributed by atoms with E-state index in [1.807, 2.05) is 25.1 Å². The van der Waals surface area contributed by atoms with Crippen molar-refractivity contribution in [3.8, 4) is 0 Å². The van der Waals surface area contributed by atoms with Crippen LogP contribution in [-0.4, -0.2) is 38.8 Å². The highest BCUT2D eigenvalue weighted by molar-refractivity contribution is 6.05. The fourth-order valence-corrected chi connectivity index (χ4v) is 3.24. The van der Waals surface area contributed by atoms with Crippen molar-refractivity contribution in [2.75, 3.05) is 6.61 Å². The van der Waals surface area contributed by atoms with Gasteiger partial charge in [0.2, 0.25) is 0 Å². The Hall–Kier alpha value is -3.03. The molecule has 0 amide bonds. The number of aromatic nitrogens is 4. The topological polar surface area (TPSA) is 106 Å². The van der Waals surface area contributed by atoms with Gasteiger partial charge in [0.25, 0.3) is 0 Å². The van der Waals surface area contributed by atoms with Gasteiger partial charge in [-0.2, -0.15) is 5.10 Å². The number of benzene rings is 1. The molecule has 24 heavy (non-hydrogen) atoms. The van der Waals surface area contributed by atoms with E-state index in [1.165, 1.54) is 0 Å². The second-order valence-electron chi connectivity index (χ2n) is 5.61. The maximum atomic E-state index is 12.6. The molecule has 0 saturated carbocycles. The van der Waals surface area contributed by atoms with Gasteiger partial charge in [-0.3, -0.25) is 9.89 Å². The Labute approximate surface area is 136 Å². The van der Waals surface area contributed by atoms with Crippen LogP contribution in [0.5, 0.6) is 0 Å². The summed E-state index contributed by atoms with van der Waals surface area (Å²) < 4.78 is 10.1. The summed E-state index contributed by atoms with van der Waals surface area (Å²) in [5, 5.41) is 14.8. The van der Waals surface area contributed by atoms with Crippen LogP contribution < -0.4 is 0 Å². The number of fused-ring (bicyclic) bond motifs is 2. The molecule has 122 valence electrons. The number of aliphatic imine (C=N–C) groups is 1. The third-order valence-corrected chi connectivity index (χ3v) is 4.25. The van der Waals surface area contributed by atoms with Crippen molar-refractivity contribution in [3.63, 3.8) is 0 Å². The van der Waals surface area contributed by atoms with Gasteiger partial charge in [-0.25, -0.2) is 9.62 Å². The Bertz CT molecular complexity index is 942. The Morgan fingerprint density at radius 2 is 2.21 bits per heavy atom. The summed E-state index contributed by atoms with van der Waals surface area (Å²) in [5.74, 6) is -0.529. The molecule has 4 rings (SSSR count). The predicted molar refractivity (Wildman–Crippen MR) is 85.1 cm³/mol. The molecular weight excluding hydrogens is 310 g/mol. The highest BCUT2D eigenvalue weighted by atomic mass is 16.6. The lowest BCUT2D eigenvalue weighted by Crippen LogP contribution is -2.33. The molecule has 0 spiro atoms. The molecule has 1 N–H and O–H groups in total. The monoisotopic (exact) mass is 325 g/mol. The molecule has 2 unspecified atom stereocenters. The van der Waals surface area contributed by atoms with Gasteiger partial charge in [0, 0.05) is 17.2 Å². The molecule has 3 heterocycles. The molecule has 8 heteroatoms. The molecular formula is C16H15N5O3. The average Bonchev–Trinajstić information content (AvgIpc) is 3.21. The maximum Gasteiger partial charge on any atom is 0.315 e. The fraction of sp³-hybridized carbons (Fsp3) is 0.312. The van der Waals surface area contributed by atoms with E-state index in [9.17, 15) is 4.79 Å². The summed E-state index contributed by atoms with van der Waals surface area (Å²) in [6.45, 7) is 3.91. The van der Waals surface area contributed by atoms with Crippen LogP contribution in [0.3, 0.4) is 0 Å². The van der Waals surface area contributed by atoms with E-state index >= 15 is 0 Å². The van der Waals surface area contributed by atoms with Crippen molar-refractivity contribution in [1.82, 2.24) is 20.5 Å². The van der Waals surface area contributed by atoms with Crippen LogP contribution in [0, 0.1) is 5.92 Å². The van der Waals surface area contributed by atoms with Crippen molar-refractivity contribution in [2.24, 2.45) is 10.9 Å². The van der Waals surface area contributed by atoms with Gasteiger partial charge in [-0.15, -0.1) is 0 Å². The zero-order valence-corrected chi connectivity index (χ0v) is 13.2. The van der Waals surface area contributed by atoms with Crippen molar-refractivity contribution in [3.05, 3.63) is 35.5 Å². The van der Waals surface area contributed by atoms with E-state index in [2.05, 4.69) is 25.5 Å². The third kappa shape index (κ3) is 2.10. The molecule has 8 nitrogen and oxygen atoms in total. The van der Waals surface area contributed by atoms with E-state index in [0.29, 0.717) is 29.2 Å². The second-order valence-corrected chi connectivity index (χ2v) is 5.61. The minimum atomic E-state index is -0.544. The summed E-state index contributed by atoms with van der Waals surface area (Å²) in [4.78, 5) is 17.1. The Morgan fingerprint density at radius 1 is 1.33 bits per heavy atom. The number of nitrogens with zero attached hydrogens (tertiary/aromatic N) is 4. The minimum Gasteiger partial charge on any atom is -0.465 e. The van der Waals surface area contributed by atoms with Crippen LogP contribution >= 0.6 is 0 Å². The van der Waals surface area contributed by atoms with E-state index in [-0.39, 0.29) is 11.9 Å². The molecule has 0 fully saturated rings. The van der Waals surface area contributed by atoms with Gasteiger partial charge in [0.05, 0.1) is 12.8 Å². The summed E-state index contributed by atoms with van der Waals surface area (Å²) >= 11 is 0. The zero-order chi connectivity index (χ0) is 16.7. The van der Waals surface area contributed by atoms with Crippen LogP contribution in [0.25, 0.3) is 11.0 Å². The van der Waals surface area contributed by atoms with Crippen LogP contribution in [0.15, 0.2) is 34.0 Å². The molecule has 2 aromatic heterocycles. The Morgan fingerprint density at radius 3 is 3.04 bits per heavy atom. The largest absolute Gasteiger partial charge is 0.465 e. The van der Waals surface area contributed by atoms with Crippen molar-refractivity contribution < 1.29 is 14.2 Å². The molecule has 0 aliphatic carbocycles. The van der Waals surface area contributed by atoms with E-state index in [0.717, 1.165) is 11.1 Å². The van der Waals surface area contributed by atoms with Gasteiger partial charge in [0.1, 0.15) is 17.0 Å². The number of ether oxygens (including phenoxy) is 1. The quantitative estimate of drug-likeness (QED) is 0.741. The van der Waals surface area contributed by atoms with Crippen molar-refractivity contribution in [2.45, 2.75) is 19.8 Å². The number of rotatable bonds is 3. The molecule has 0 radical (unpaired) electrons. The first-order valence-electron chi connectivity index (χ1n) is 7.67. The second kappa shape index (κ2) is 5.55. The highest BCUT2D eigenvalue weighted by Gasteiger charge is 2.40. The highest BCUT2D eigenvalue weighted by Crippen LogP contribution is 2.43. The lowest BCUT2D eigenvalue weighted by atomic mass is 9.77. The van der Waals surface area contributed by atoms with Crippen LogP contribution in [-0.2, 0) is 9.53 Å².